The highest BCUT2D eigenvalue weighted by Gasteiger charge is 2.34. The molecule has 3 unspecified atom stereocenters. The summed E-state index contributed by atoms with van der Waals surface area (Å²) in [4.78, 5) is 2.80. The number of ether oxygens (including phenoxy) is 1. The van der Waals surface area contributed by atoms with Crippen LogP contribution >= 0.6 is 27.3 Å². The fourth-order valence-electron chi connectivity index (χ4n) is 2.64. The van der Waals surface area contributed by atoms with Gasteiger partial charge >= 0.3 is 0 Å². The zero-order valence-electron chi connectivity index (χ0n) is 11.3. The van der Waals surface area contributed by atoms with Gasteiger partial charge in [-0.2, -0.15) is 0 Å². The van der Waals surface area contributed by atoms with Gasteiger partial charge in [0.1, 0.15) is 0 Å². The zero-order chi connectivity index (χ0) is 13.1. The van der Waals surface area contributed by atoms with Gasteiger partial charge in [-0.25, -0.2) is 0 Å². The van der Waals surface area contributed by atoms with E-state index in [1.54, 1.807) is 0 Å². The van der Waals surface area contributed by atoms with E-state index in [2.05, 4.69) is 48.1 Å². The van der Waals surface area contributed by atoms with E-state index in [9.17, 15) is 0 Å². The highest BCUT2D eigenvalue weighted by Crippen LogP contribution is 2.40. The van der Waals surface area contributed by atoms with Crippen molar-refractivity contribution in [3.63, 3.8) is 0 Å². The number of nitrogens with one attached hydrogen (secondary N) is 1. The maximum absolute atomic E-state index is 5.74. The van der Waals surface area contributed by atoms with E-state index in [1.165, 1.54) is 20.6 Å². The Morgan fingerprint density at radius 1 is 1.61 bits per heavy atom. The van der Waals surface area contributed by atoms with Crippen LogP contribution in [-0.4, -0.2) is 19.3 Å². The van der Waals surface area contributed by atoms with Gasteiger partial charge in [0, 0.05) is 32.8 Å². The van der Waals surface area contributed by atoms with E-state index in [-0.39, 0.29) is 0 Å². The fourth-order valence-corrected chi connectivity index (χ4v) is 4.69. The lowest BCUT2D eigenvalue weighted by Crippen LogP contribution is -2.32. The van der Waals surface area contributed by atoms with Gasteiger partial charge in [-0.05, 0) is 55.2 Å². The Labute approximate surface area is 122 Å². The molecule has 2 rings (SSSR count). The van der Waals surface area contributed by atoms with E-state index in [4.69, 9.17) is 4.74 Å². The quantitative estimate of drug-likeness (QED) is 0.869. The highest BCUT2D eigenvalue weighted by molar-refractivity contribution is 9.10. The molecule has 1 aromatic rings. The van der Waals surface area contributed by atoms with Crippen molar-refractivity contribution < 1.29 is 4.74 Å². The minimum absolute atomic E-state index is 0.355. The van der Waals surface area contributed by atoms with Crippen LogP contribution in [0.3, 0.4) is 0 Å². The van der Waals surface area contributed by atoms with Gasteiger partial charge < -0.3 is 10.1 Å². The van der Waals surface area contributed by atoms with Gasteiger partial charge in [0.2, 0.25) is 0 Å². The molecule has 0 radical (unpaired) electrons. The first-order valence-electron chi connectivity index (χ1n) is 6.74. The van der Waals surface area contributed by atoms with Gasteiger partial charge in [0.05, 0.1) is 6.10 Å². The summed E-state index contributed by atoms with van der Waals surface area (Å²) >= 11 is 5.60. The standard InChI is InChI=1S/C14H22BrNOS/c1-4-6-16-13(11-5-7-17-10(11)3)14-12(15)8-9(2)18-14/h8,10-11,13,16H,4-7H2,1-3H3. The van der Waals surface area contributed by atoms with E-state index >= 15 is 0 Å². The van der Waals surface area contributed by atoms with Crippen molar-refractivity contribution >= 4 is 27.3 Å². The molecule has 0 aliphatic carbocycles. The van der Waals surface area contributed by atoms with Crippen LogP contribution in [0.4, 0.5) is 0 Å². The monoisotopic (exact) mass is 331 g/mol. The van der Waals surface area contributed by atoms with Crippen molar-refractivity contribution in [1.82, 2.24) is 5.32 Å². The summed E-state index contributed by atoms with van der Waals surface area (Å²) < 4.78 is 6.99. The lowest BCUT2D eigenvalue weighted by Gasteiger charge is -2.26. The van der Waals surface area contributed by atoms with Gasteiger partial charge in [-0.3, -0.25) is 0 Å². The molecule has 2 nitrogen and oxygen atoms in total. The minimum Gasteiger partial charge on any atom is -0.378 e. The Morgan fingerprint density at radius 3 is 2.89 bits per heavy atom. The van der Waals surface area contributed by atoms with Crippen LogP contribution in [0, 0.1) is 12.8 Å². The summed E-state index contributed by atoms with van der Waals surface area (Å²) in [6.07, 6.45) is 2.68. The number of halogens is 1. The molecule has 0 amide bonds. The molecule has 1 aromatic heterocycles. The van der Waals surface area contributed by atoms with Crippen LogP contribution in [0.15, 0.2) is 10.5 Å². The molecule has 0 bridgehead atoms. The molecule has 1 aliphatic rings. The second-order valence-corrected chi connectivity index (χ2v) is 7.17. The summed E-state index contributed by atoms with van der Waals surface area (Å²) in [5.41, 5.74) is 0. The first-order valence-corrected chi connectivity index (χ1v) is 8.35. The van der Waals surface area contributed by atoms with E-state index in [0.717, 1.165) is 19.6 Å². The molecule has 0 saturated carbocycles. The Kier molecular flexibility index (Phi) is 5.24. The Hall–Kier alpha value is 0.1000. The first-order chi connectivity index (χ1) is 8.63. The molecule has 4 heteroatoms. The number of hydrogen-bond donors (Lipinski definition) is 1. The molecule has 18 heavy (non-hydrogen) atoms. The van der Waals surface area contributed by atoms with E-state index in [1.807, 2.05) is 11.3 Å². The molecule has 0 aromatic carbocycles. The molecule has 1 saturated heterocycles. The average Bonchev–Trinajstić information content (AvgIpc) is 2.87. The molecule has 1 N–H and O–H groups in total. The van der Waals surface area contributed by atoms with Gasteiger partial charge in [0.25, 0.3) is 0 Å². The number of aryl methyl sites for hydroxylation is 1. The van der Waals surface area contributed by atoms with Crippen molar-refractivity contribution in [3.8, 4) is 0 Å². The van der Waals surface area contributed by atoms with Crippen molar-refractivity contribution in [2.24, 2.45) is 5.92 Å². The van der Waals surface area contributed by atoms with Crippen molar-refractivity contribution in [3.05, 3.63) is 20.3 Å². The maximum Gasteiger partial charge on any atom is 0.0594 e. The second kappa shape index (κ2) is 6.51. The van der Waals surface area contributed by atoms with Crippen molar-refractivity contribution in [2.75, 3.05) is 13.2 Å². The third-order valence-corrected chi connectivity index (χ3v) is 5.65. The zero-order valence-corrected chi connectivity index (χ0v) is 13.7. The average molecular weight is 332 g/mol. The second-order valence-electron chi connectivity index (χ2n) is 5.03. The molecule has 3 atom stereocenters. The number of rotatable bonds is 5. The predicted molar refractivity (Wildman–Crippen MR) is 81.3 cm³/mol. The van der Waals surface area contributed by atoms with E-state index < -0.39 is 0 Å². The molecular formula is C14H22BrNOS. The van der Waals surface area contributed by atoms with Crippen LogP contribution in [0.1, 0.15) is 42.5 Å². The summed E-state index contributed by atoms with van der Waals surface area (Å²) in [5, 5.41) is 3.71. The van der Waals surface area contributed by atoms with Crippen LogP contribution in [-0.2, 0) is 4.74 Å². The Bertz CT molecular complexity index is 393. The fraction of sp³-hybridized carbons (Fsp3) is 0.714. The molecule has 0 spiro atoms. The molecular weight excluding hydrogens is 310 g/mol. The third kappa shape index (κ3) is 3.16. The normalized spacial score (nSPS) is 25.6. The molecule has 1 fully saturated rings. The predicted octanol–water partition coefficient (Wildman–Crippen LogP) is 4.28. The van der Waals surface area contributed by atoms with Gasteiger partial charge in [0.15, 0.2) is 0 Å². The SMILES string of the molecule is CCCNC(c1sc(C)cc1Br)C1CCOC1C. The summed E-state index contributed by atoms with van der Waals surface area (Å²) in [6, 6.07) is 2.65. The van der Waals surface area contributed by atoms with Crippen LogP contribution in [0.5, 0.6) is 0 Å². The summed E-state index contributed by atoms with van der Waals surface area (Å²) in [5.74, 6) is 0.589. The molecule has 2 heterocycles. The van der Waals surface area contributed by atoms with Crippen LogP contribution < -0.4 is 5.32 Å². The lowest BCUT2D eigenvalue weighted by molar-refractivity contribution is 0.0957. The largest absolute Gasteiger partial charge is 0.378 e. The van der Waals surface area contributed by atoms with Crippen LogP contribution in [0.25, 0.3) is 0 Å². The summed E-state index contributed by atoms with van der Waals surface area (Å²) in [6.45, 7) is 8.56. The minimum atomic E-state index is 0.355. The highest BCUT2D eigenvalue weighted by atomic mass is 79.9. The summed E-state index contributed by atoms with van der Waals surface area (Å²) in [7, 11) is 0. The van der Waals surface area contributed by atoms with Crippen molar-refractivity contribution in [2.45, 2.75) is 45.8 Å². The maximum atomic E-state index is 5.74. The first kappa shape index (κ1) is 14.5. The van der Waals surface area contributed by atoms with Crippen LogP contribution in [0.2, 0.25) is 0 Å². The smallest absolute Gasteiger partial charge is 0.0594 e. The topological polar surface area (TPSA) is 21.3 Å². The molecule has 1 aliphatic heterocycles. The number of thiophene rings is 1. The molecule has 102 valence electrons. The number of hydrogen-bond acceptors (Lipinski definition) is 3. The van der Waals surface area contributed by atoms with E-state index in [0.29, 0.717) is 18.1 Å². The Morgan fingerprint density at radius 2 is 2.39 bits per heavy atom. The van der Waals surface area contributed by atoms with Gasteiger partial charge in [-0.1, -0.05) is 6.92 Å². The third-order valence-electron chi connectivity index (χ3n) is 3.60. The van der Waals surface area contributed by atoms with Crippen molar-refractivity contribution in [1.29, 1.82) is 0 Å². The van der Waals surface area contributed by atoms with Gasteiger partial charge in [-0.15, -0.1) is 11.3 Å². The Balaban J connectivity index is 2.21. The lowest BCUT2D eigenvalue weighted by atomic mass is 9.92.